The van der Waals surface area contributed by atoms with Crippen LogP contribution in [0.15, 0.2) is 0 Å². The molecule has 6 unspecified atom stereocenters. The van der Waals surface area contributed by atoms with Crippen molar-refractivity contribution in [2.45, 2.75) is 108 Å². The van der Waals surface area contributed by atoms with Crippen molar-refractivity contribution in [1.29, 1.82) is 5.41 Å². The molecule has 0 aromatic rings. The van der Waals surface area contributed by atoms with Gasteiger partial charge >= 0.3 is 0 Å². The molecule has 0 radical (unpaired) electrons. The third-order valence-electron chi connectivity index (χ3n) is 10.7. The third kappa shape index (κ3) is 6.32. The van der Waals surface area contributed by atoms with Crippen LogP contribution in [0.1, 0.15) is 89.9 Å². The molecule has 0 spiro atoms. The Kier molecular flexibility index (Phi) is 8.74. The van der Waals surface area contributed by atoms with Crippen molar-refractivity contribution in [3.8, 4) is 0 Å². The summed E-state index contributed by atoms with van der Waals surface area (Å²) < 4.78 is 0. The number of hydrogen-bond acceptors (Lipinski definition) is 5. The normalized spacial score (nSPS) is 39.2. The van der Waals surface area contributed by atoms with Crippen molar-refractivity contribution in [3.05, 3.63) is 0 Å². The molecule has 2 amide bonds. The summed E-state index contributed by atoms with van der Waals surface area (Å²) in [7, 11) is 0. The number of nitrogens with two attached hydrogens (primary N) is 2. The zero-order valence-electron chi connectivity index (χ0n) is 22.7. The monoisotopic (exact) mass is 514 g/mol. The van der Waals surface area contributed by atoms with Crippen LogP contribution < -0.4 is 16.8 Å². The number of hydrogen-bond donors (Lipinski definition) is 4. The van der Waals surface area contributed by atoms with E-state index < -0.39 is 0 Å². The average molecular weight is 515 g/mol. The molecule has 5 rings (SSSR count). The molecule has 6 atom stereocenters. The van der Waals surface area contributed by atoms with E-state index in [9.17, 15) is 9.59 Å². The maximum atomic E-state index is 13.7. The van der Waals surface area contributed by atoms with Crippen molar-refractivity contribution in [3.63, 3.8) is 0 Å². The smallest absolute Gasteiger partial charge is 0.237 e. The molecule has 0 aromatic carbocycles. The van der Waals surface area contributed by atoms with E-state index in [-0.39, 0.29) is 29.7 Å². The molecule has 8 heteroatoms. The Morgan fingerprint density at radius 2 is 1.54 bits per heavy atom. The molecule has 3 saturated carbocycles. The van der Waals surface area contributed by atoms with E-state index in [4.69, 9.17) is 16.9 Å². The molecular formula is C29H50N6O2. The maximum absolute atomic E-state index is 13.7. The van der Waals surface area contributed by atoms with E-state index in [1.807, 2.05) is 0 Å². The molecule has 3 aliphatic carbocycles. The van der Waals surface area contributed by atoms with Gasteiger partial charge in [0, 0.05) is 37.0 Å². The number of nitrogens with zero attached hydrogens (tertiary/aromatic N) is 2. The lowest BCUT2D eigenvalue weighted by molar-refractivity contribution is -0.126. The number of nitrogens with one attached hydrogen (secondary N) is 2. The summed E-state index contributed by atoms with van der Waals surface area (Å²) in [5.41, 5.74) is 11.5. The minimum absolute atomic E-state index is 0.0123. The van der Waals surface area contributed by atoms with Gasteiger partial charge in [-0.3, -0.25) is 19.9 Å². The van der Waals surface area contributed by atoms with Gasteiger partial charge in [-0.25, -0.2) is 0 Å². The quantitative estimate of drug-likeness (QED) is 0.292. The Bertz CT molecular complexity index is 821. The zero-order chi connectivity index (χ0) is 25.9. The summed E-state index contributed by atoms with van der Waals surface area (Å²) in [4.78, 5) is 30.5. The minimum atomic E-state index is -0.164. The summed E-state index contributed by atoms with van der Waals surface area (Å²) in [6.07, 6.45) is 15.4. The van der Waals surface area contributed by atoms with E-state index >= 15 is 0 Å². The van der Waals surface area contributed by atoms with Gasteiger partial charge in [-0.15, -0.1) is 0 Å². The number of carbonyl (C=O) groups is 2. The summed E-state index contributed by atoms with van der Waals surface area (Å²) in [5, 5.41) is 11.5. The van der Waals surface area contributed by atoms with E-state index in [0.29, 0.717) is 35.7 Å². The first kappa shape index (κ1) is 26.9. The van der Waals surface area contributed by atoms with Crippen molar-refractivity contribution < 1.29 is 9.59 Å². The second-order valence-corrected chi connectivity index (χ2v) is 13.0. The molecule has 208 valence electrons. The largest absolute Gasteiger partial charge is 0.387 e. The fourth-order valence-electron chi connectivity index (χ4n) is 8.52. The molecule has 5 aliphatic rings. The van der Waals surface area contributed by atoms with Crippen LogP contribution in [0.25, 0.3) is 0 Å². The van der Waals surface area contributed by atoms with Crippen molar-refractivity contribution in [1.82, 2.24) is 15.1 Å². The van der Waals surface area contributed by atoms with Crippen LogP contribution in [0.4, 0.5) is 0 Å². The van der Waals surface area contributed by atoms with Gasteiger partial charge in [-0.1, -0.05) is 6.42 Å². The highest BCUT2D eigenvalue weighted by atomic mass is 16.2. The van der Waals surface area contributed by atoms with Crippen LogP contribution in [-0.2, 0) is 9.59 Å². The van der Waals surface area contributed by atoms with Crippen LogP contribution in [-0.4, -0.2) is 71.8 Å². The first-order chi connectivity index (χ1) is 17.9. The number of fused-ring (bicyclic) bond motifs is 1. The molecular weight excluding hydrogens is 464 g/mol. The molecule has 2 heterocycles. The van der Waals surface area contributed by atoms with Crippen LogP contribution in [0, 0.1) is 35.0 Å². The SMILES string of the molecule is N=C(N)C1CCC2CC(C(=O)NCC3CCCC(N4CCCC4)C3)N(CC3CCC(C(N)=O)CC3)C2C1. The van der Waals surface area contributed by atoms with Crippen LogP contribution >= 0.6 is 0 Å². The number of likely N-dealkylation sites (tertiary alicyclic amines) is 2. The number of amides is 2. The highest BCUT2D eigenvalue weighted by Gasteiger charge is 2.48. The predicted octanol–water partition coefficient (Wildman–Crippen LogP) is 2.84. The van der Waals surface area contributed by atoms with Gasteiger partial charge in [0.1, 0.15) is 0 Å². The van der Waals surface area contributed by atoms with Gasteiger partial charge < -0.3 is 21.7 Å². The number of amidine groups is 1. The zero-order valence-corrected chi connectivity index (χ0v) is 22.7. The summed E-state index contributed by atoms with van der Waals surface area (Å²) in [6, 6.07) is 0.970. The number of rotatable bonds is 8. The standard InChI is InChI=1S/C29H50N6O2/c30-27(31)23-11-10-22-15-26(35(25(22)16-23)18-19-6-8-21(9-7-19)28(32)36)29(37)33-17-20-4-3-5-24(14-20)34-12-1-2-13-34/h19-26H,1-18H2,(H3,30,31)(H2,32,36)(H,33,37). The minimum Gasteiger partial charge on any atom is -0.387 e. The topological polar surface area (TPSA) is 129 Å². The van der Waals surface area contributed by atoms with Crippen LogP contribution in [0.5, 0.6) is 0 Å². The highest BCUT2D eigenvalue weighted by molar-refractivity contribution is 5.82. The van der Waals surface area contributed by atoms with Crippen molar-refractivity contribution in [2.75, 3.05) is 26.2 Å². The van der Waals surface area contributed by atoms with Gasteiger partial charge in [0.05, 0.1) is 11.9 Å². The summed E-state index contributed by atoms with van der Waals surface area (Å²) >= 11 is 0. The van der Waals surface area contributed by atoms with Gasteiger partial charge in [0.15, 0.2) is 0 Å². The molecule has 37 heavy (non-hydrogen) atoms. The fraction of sp³-hybridized carbons (Fsp3) is 0.897. The number of primary amides is 1. The summed E-state index contributed by atoms with van der Waals surface area (Å²) in [5.74, 6) is 2.11. The first-order valence-electron chi connectivity index (χ1n) is 15.3. The Balaban J connectivity index is 1.20. The predicted molar refractivity (Wildman–Crippen MR) is 146 cm³/mol. The Hall–Kier alpha value is -1.67. The lowest BCUT2D eigenvalue weighted by atomic mass is 9.77. The average Bonchev–Trinajstić information content (AvgIpc) is 3.56. The van der Waals surface area contributed by atoms with Crippen molar-refractivity contribution in [2.24, 2.45) is 41.1 Å². The van der Waals surface area contributed by atoms with E-state index in [2.05, 4.69) is 15.1 Å². The van der Waals surface area contributed by atoms with E-state index in [1.54, 1.807) is 0 Å². The second kappa shape index (κ2) is 12.0. The Labute approximate surface area is 223 Å². The first-order valence-corrected chi connectivity index (χ1v) is 15.3. The Morgan fingerprint density at radius 3 is 2.24 bits per heavy atom. The van der Waals surface area contributed by atoms with Gasteiger partial charge in [0.2, 0.25) is 11.8 Å². The van der Waals surface area contributed by atoms with E-state index in [1.165, 1.54) is 51.6 Å². The van der Waals surface area contributed by atoms with E-state index in [0.717, 1.165) is 64.5 Å². The Morgan fingerprint density at radius 1 is 0.811 bits per heavy atom. The summed E-state index contributed by atoms with van der Waals surface area (Å²) in [6.45, 7) is 4.23. The lowest BCUT2D eigenvalue weighted by Gasteiger charge is -2.39. The molecule has 2 aliphatic heterocycles. The molecule has 5 fully saturated rings. The van der Waals surface area contributed by atoms with Crippen molar-refractivity contribution >= 4 is 17.6 Å². The molecule has 8 nitrogen and oxygen atoms in total. The third-order valence-corrected chi connectivity index (χ3v) is 10.7. The fourth-order valence-corrected chi connectivity index (χ4v) is 8.52. The molecule has 0 bridgehead atoms. The second-order valence-electron chi connectivity index (χ2n) is 13.0. The van der Waals surface area contributed by atoms with Gasteiger partial charge in [0.25, 0.3) is 0 Å². The molecule has 6 N–H and O–H groups in total. The molecule has 0 aromatic heterocycles. The van der Waals surface area contributed by atoms with Gasteiger partial charge in [-0.2, -0.15) is 0 Å². The maximum Gasteiger partial charge on any atom is 0.237 e. The lowest BCUT2D eigenvalue weighted by Crippen LogP contribution is -2.51. The highest BCUT2D eigenvalue weighted by Crippen LogP contribution is 2.43. The number of carbonyl (C=O) groups excluding carboxylic acids is 2. The molecule has 2 saturated heterocycles. The van der Waals surface area contributed by atoms with Crippen LogP contribution in [0.3, 0.4) is 0 Å². The van der Waals surface area contributed by atoms with Gasteiger partial charge in [-0.05, 0) is 114 Å². The van der Waals surface area contributed by atoms with Crippen LogP contribution in [0.2, 0.25) is 0 Å².